The second kappa shape index (κ2) is 3.09. The Morgan fingerprint density at radius 3 is 2.50 bits per heavy atom. The van der Waals surface area contributed by atoms with E-state index in [4.69, 9.17) is 11.0 Å². The zero-order valence-electron chi connectivity index (χ0n) is 4.81. The van der Waals surface area contributed by atoms with Gasteiger partial charge in [0.1, 0.15) is 0 Å². The zero-order valence-corrected chi connectivity index (χ0v) is 4.81. The molecule has 0 aromatic carbocycles. The van der Waals surface area contributed by atoms with Gasteiger partial charge in [0.25, 0.3) is 0 Å². The van der Waals surface area contributed by atoms with Gasteiger partial charge >= 0.3 is 49.5 Å². The summed E-state index contributed by atoms with van der Waals surface area (Å²) in [7, 11) is 5.28. The molecule has 4 heteroatoms. The van der Waals surface area contributed by atoms with Gasteiger partial charge in [0.05, 0.1) is 0 Å². The Morgan fingerprint density at radius 1 is 1.88 bits per heavy atom. The van der Waals surface area contributed by atoms with E-state index in [2.05, 4.69) is 7.49 Å². The molecule has 0 bridgehead atoms. The van der Waals surface area contributed by atoms with Crippen molar-refractivity contribution in [1.82, 2.24) is 0 Å². The van der Waals surface area contributed by atoms with Crippen molar-refractivity contribution in [3.63, 3.8) is 0 Å². The fourth-order valence-corrected chi connectivity index (χ4v) is 0.193. The number of allylic oxidation sites excluding steroid dienone is 2. The van der Waals surface area contributed by atoms with Crippen LogP contribution in [0.4, 0.5) is 0 Å². The summed E-state index contributed by atoms with van der Waals surface area (Å²) in [5.41, 5.74) is 5.72. The van der Waals surface area contributed by atoms with Crippen LogP contribution in [-0.2, 0) is 0 Å². The van der Waals surface area contributed by atoms with Crippen LogP contribution < -0.4 is 5.73 Å². The van der Waals surface area contributed by atoms with Crippen molar-refractivity contribution in [1.29, 1.82) is 5.26 Å². The van der Waals surface area contributed by atoms with Gasteiger partial charge < -0.3 is 0 Å². The minimum atomic E-state index is 0.451. The molecule has 38 valence electrons. The van der Waals surface area contributed by atoms with Crippen LogP contribution in [-0.4, -0.2) is 20.7 Å². The summed E-state index contributed by atoms with van der Waals surface area (Å²) in [5.74, 6) is 0. The van der Waals surface area contributed by atoms with Gasteiger partial charge in [-0.2, -0.15) is 0 Å². The molecule has 2 nitrogen and oxygen atoms in total. The molecule has 0 fully saturated rings. The number of nitrogens with zero attached hydrogens (tertiary/aromatic N) is 1. The molecular weight excluding hydrogens is 97.7 g/mol. The van der Waals surface area contributed by atoms with E-state index in [0.29, 0.717) is 5.70 Å². The van der Waals surface area contributed by atoms with Crippen molar-refractivity contribution in [3.05, 3.63) is 11.8 Å². The predicted octanol–water partition coefficient (Wildman–Crippen LogP) is -1.98. The monoisotopic (exact) mass is 104 g/mol. The second-order valence-electron chi connectivity index (χ2n) is 1.51. The summed E-state index contributed by atoms with van der Waals surface area (Å²) in [6, 6.07) is 1.80. The van der Waals surface area contributed by atoms with E-state index < -0.39 is 0 Å². The van der Waals surface area contributed by atoms with Crippen molar-refractivity contribution in [2.75, 3.05) is 0 Å². The second-order valence-corrected chi connectivity index (χ2v) is 1.51. The summed E-state index contributed by atoms with van der Waals surface area (Å²) in [4.78, 5) is 0. The summed E-state index contributed by atoms with van der Waals surface area (Å²) in [6.45, 7) is 0. The quantitative estimate of drug-likeness (QED) is 0.309. The molecule has 0 aliphatic heterocycles. The van der Waals surface area contributed by atoms with E-state index in [1.807, 2.05) is 0 Å². The average molecular weight is 104 g/mol. The number of hydrogen-bond donors (Lipinski definition) is 1. The molecule has 2 N–H and O–H groups in total. The van der Waals surface area contributed by atoms with E-state index >= 15 is 0 Å². The summed E-state index contributed by atoms with van der Waals surface area (Å²) >= 11 is 0. The molecule has 0 aliphatic carbocycles. The van der Waals surface area contributed by atoms with Crippen LogP contribution in [0.5, 0.6) is 0 Å². The van der Waals surface area contributed by atoms with Crippen LogP contribution in [0.25, 0.3) is 0 Å². The topological polar surface area (TPSA) is 49.8 Å². The third-order valence-corrected chi connectivity index (χ3v) is 0.713. The number of nitriles is 1. The van der Waals surface area contributed by atoms with Gasteiger partial charge in [-0.05, 0) is 0 Å². The first kappa shape index (κ1) is 7.03. The zero-order chi connectivity index (χ0) is 6.57. The molecule has 0 unspecified atom stereocenters. The normalized spacial score (nSPS) is 10.0. The van der Waals surface area contributed by atoms with E-state index in [-0.39, 0.29) is 0 Å². The molecule has 0 spiro atoms. The number of nitrogens with two attached hydrogens (primary N) is 1. The first-order chi connectivity index (χ1) is 3.68. The predicted molar refractivity (Wildman–Crippen MR) is 38.6 cm³/mol. The molecule has 0 radical (unpaired) electrons. The summed E-state index contributed by atoms with van der Waals surface area (Å²) < 4.78 is 0. The standard InChI is InChI=1S/C4H6B2N2/c5-4(6)3(8)1-2-7/h1,5H,6,8H2/b3-1-. The van der Waals surface area contributed by atoms with Crippen molar-refractivity contribution in [3.8, 4) is 6.07 Å². The Bertz CT molecular complexity index is 165. The molecule has 0 aromatic heterocycles. The first-order valence-corrected chi connectivity index (χ1v) is 2.19. The van der Waals surface area contributed by atoms with Crippen LogP contribution in [0.2, 0.25) is 0 Å². The van der Waals surface area contributed by atoms with Crippen molar-refractivity contribution < 1.29 is 0 Å². The maximum absolute atomic E-state index is 8.04. The SMILES string of the molecule is B=C(B)/C(N)=C/C#N. The fourth-order valence-electron chi connectivity index (χ4n) is 0.193. The molecule has 0 heterocycles. The fraction of sp³-hybridized carbons (Fsp3) is 0. The van der Waals surface area contributed by atoms with Crippen molar-refractivity contribution in [2.24, 2.45) is 5.73 Å². The van der Waals surface area contributed by atoms with Crippen LogP contribution in [0.1, 0.15) is 0 Å². The molecule has 0 saturated heterocycles. The van der Waals surface area contributed by atoms with Crippen molar-refractivity contribution in [2.45, 2.75) is 0 Å². The van der Waals surface area contributed by atoms with E-state index in [9.17, 15) is 0 Å². The summed E-state index contributed by atoms with van der Waals surface area (Å²) in [5, 5.41) is 8.77. The van der Waals surface area contributed by atoms with Gasteiger partial charge in [0, 0.05) is 0 Å². The van der Waals surface area contributed by atoms with Gasteiger partial charge in [-0.1, -0.05) is 0 Å². The molecule has 0 aromatic rings. The molecule has 8 heavy (non-hydrogen) atoms. The van der Waals surface area contributed by atoms with Crippen LogP contribution in [0, 0.1) is 11.3 Å². The Kier molecular flexibility index (Phi) is 2.71. The Labute approximate surface area is 50.5 Å². The van der Waals surface area contributed by atoms with Gasteiger partial charge in [0.15, 0.2) is 0 Å². The molecule has 0 atom stereocenters. The van der Waals surface area contributed by atoms with Gasteiger partial charge in [-0.25, -0.2) is 0 Å². The van der Waals surface area contributed by atoms with Gasteiger partial charge in [-0.15, -0.1) is 0 Å². The molecule has 0 aliphatic rings. The first-order valence-electron chi connectivity index (χ1n) is 2.19. The third kappa shape index (κ3) is 2.25. The maximum atomic E-state index is 8.04. The number of rotatable bonds is 1. The van der Waals surface area contributed by atoms with Crippen LogP contribution in [0.3, 0.4) is 0 Å². The van der Waals surface area contributed by atoms with Gasteiger partial charge in [0.2, 0.25) is 0 Å². The van der Waals surface area contributed by atoms with E-state index in [1.165, 1.54) is 6.08 Å². The average Bonchev–Trinajstić information content (AvgIpc) is 1.67. The minimum absolute atomic E-state index is 0.451. The third-order valence-electron chi connectivity index (χ3n) is 0.713. The Morgan fingerprint density at radius 2 is 2.38 bits per heavy atom. The van der Waals surface area contributed by atoms with Gasteiger partial charge in [-0.3, -0.25) is 0 Å². The van der Waals surface area contributed by atoms with E-state index in [0.717, 1.165) is 5.36 Å². The molecule has 0 rings (SSSR count). The molecular formula is C4H6B2N2. The van der Waals surface area contributed by atoms with Crippen molar-refractivity contribution >= 4 is 20.7 Å². The Hall–Kier alpha value is -0.970. The van der Waals surface area contributed by atoms with E-state index in [1.54, 1.807) is 13.9 Å². The van der Waals surface area contributed by atoms with Crippen LogP contribution >= 0.6 is 0 Å². The molecule has 0 amide bonds. The Balaban J connectivity index is 4.06. The summed E-state index contributed by atoms with van der Waals surface area (Å²) in [6.07, 6.45) is 1.27. The number of hydrogen-bond acceptors (Lipinski definition) is 2. The van der Waals surface area contributed by atoms with Crippen LogP contribution in [0.15, 0.2) is 11.8 Å². The molecule has 0 saturated carbocycles.